The lowest BCUT2D eigenvalue weighted by molar-refractivity contribution is -0.131. The standard InChI is InChI=1S/C25H30N4O3/c1-3-25(4-2)14-21(31)29(24(26)28-25)15-16-8-7-10-18(12-16)23(32)27-22-19-11-6-5-9-17(19)13-20(22)30/h5-12,20,22,30H,3-4,13-15H2,1-2H3,(H2,26,28)(H,27,32)/t20-,22+/m0/s1. The Morgan fingerprint density at radius 2 is 1.97 bits per heavy atom. The number of benzene rings is 2. The molecule has 1 saturated heterocycles. The highest BCUT2D eigenvalue weighted by Gasteiger charge is 2.39. The number of nitrogens with one attached hydrogen (secondary N) is 3. The van der Waals surface area contributed by atoms with Crippen LogP contribution < -0.4 is 10.6 Å². The van der Waals surface area contributed by atoms with Gasteiger partial charge in [-0.15, -0.1) is 0 Å². The van der Waals surface area contributed by atoms with E-state index < -0.39 is 12.1 Å². The predicted octanol–water partition coefficient (Wildman–Crippen LogP) is 2.89. The number of hydrogen-bond donors (Lipinski definition) is 4. The molecule has 4 rings (SSSR count). The minimum atomic E-state index is -0.658. The second kappa shape index (κ2) is 8.74. The lowest BCUT2D eigenvalue weighted by atomic mass is 9.87. The van der Waals surface area contributed by atoms with Gasteiger partial charge >= 0.3 is 0 Å². The molecule has 2 aromatic carbocycles. The maximum absolute atomic E-state index is 12.9. The maximum atomic E-state index is 12.9. The van der Waals surface area contributed by atoms with Crippen LogP contribution in [0.5, 0.6) is 0 Å². The molecule has 1 fully saturated rings. The zero-order valence-electron chi connectivity index (χ0n) is 18.5. The quantitative estimate of drug-likeness (QED) is 0.561. The summed E-state index contributed by atoms with van der Waals surface area (Å²) in [5, 5.41) is 24.9. The summed E-state index contributed by atoms with van der Waals surface area (Å²) in [7, 11) is 0. The molecule has 2 aliphatic rings. The molecule has 2 amide bonds. The molecule has 0 spiro atoms. The zero-order chi connectivity index (χ0) is 22.9. The molecule has 0 radical (unpaired) electrons. The largest absolute Gasteiger partial charge is 0.390 e. The Labute approximate surface area is 188 Å². The van der Waals surface area contributed by atoms with Gasteiger partial charge < -0.3 is 15.7 Å². The SMILES string of the molecule is CCC1(CC)CC(=O)N(Cc2cccc(C(=O)N[C@@H]3c4ccccc4C[C@@H]3O)c2)C(=N)N1. The second-order valence-electron chi connectivity index (χ2n) is 8.74. The first-order valence-corrected chi connectivity index (χ1v) is 11.2. The number of aliphatic hydroxyl groups is 1. The third-order valence-electron chi connectivity index (χ3n) is 6.82. The molecule has 1 aliphatic carbocycles. The maximum Gasteiger partial charge on any atom is 0.251 e. The van der Waals surface area contributed by atoms with Gasteiger partial charge in [-0.2, -0.15) is 0 Å². The van der Waals surface area contributed by atoms with Crippen molar-refractivity contribution in [2.24, 2.45) is 0 Å². The van der Waals surface area contributed by atoms with E-state index in [4.69, 9.17) is 5.41 Å². The molecule has 7 nitrogen and oxygen atoms in total. The average Bonchev–Trinajstić information content (AvgIpc) is 3.11. The van der Waals surface area contributed by atoms with Gasteiger partial charge in [0.2, 0.25) is 5.91 Å². The molecule has 1 heterocycles. The molecule has 0 saturated carbocycles. The number of hydrogen-bond acceptors (Lipinski definition) is 4. The van der Waals surface area contributed by atoms with Crippen molar-refractivity contribution in [3.05, 3.63) is 70.8 Å². The van der Waals surface area contributed by atoms with Crippen molar-refractivity contribution >= 4 is 17.8 Å². The minimum absolute atomic E-state index is 0.0852. The van der Waals surface area contributed by atoms with Gasteiger partial charge in [-0.1, -0.05) is 50.2 Å². The number of aliphatic hydroxyl groups excluding tert-OH is 1. The smallest absolute Gasteiger partial charge is 0.251 e. The number of rotatable bonds is 6. The fourth-order valence-electron chi connectivity index (χ4n) is 4.68. The van der Waals surface area contributed by atoms with Crippen LogP contribution in [0.4, 0.5) is 0 Å². The Bertz CT molecular complexity index is 1030. The Kier molecular flexibility index (Phi) is 6.02. The molecule has 2 aromatic rings. The highest BCUT2D eigenvalue weighted by Crippen LogP contribution is 2.31. The number of carbonyl (C=O) groups excluding carboxylic acids is 2. The van der Waals surface area contributed by atoms with Crippen LogP contribution in [0.15, 0.2) is 48.5 Å². The highest BCUT2D eigenvalue weighted by molar-refractivity contribution is 5.99. The van der Waals surface area contributed by atoms with Gasteiger partial charge in [-0.05, 0) is 41.7 Å². The van der Waals surface area contributed by atoms with E-state index in [2.05, 4.69) is 10.6 Å². The Morgan fingerprint density at radius 1 is 1.22 bits per heavy atom. The van der Waals surface area contributed by atoms with E-state index in [0.717, 1.165) is 29.5 Å². The third kappa shape index (κ3) is 4.12. The van der Waals surface area contributed by atoms with Crippen molar-refractivity contribution < 1.29 is 14.7 Å². The van der Waals surface area contributed by atoms with Crippen molar-refractivity contribution in [3.8, 4) is 0 Å². The van der Waals surface area contributed by atoms with Crippen LogP contribution in [-0.2, 0) is 17.8 Å². The summed E-state index contributed by atoms with van der Waals surface area (Å²) in [4.78, 5) is 27.1. The number of fused-ring (bicyclic) bond motifs is 1. The van der Waals surface area contributed by atoms with Gasteiger partial charge in [0, 0.05) is 17.5 Å². The molecule has 4 N–H and O–H groups in total. The number of amides is 2. The summed E-state index contributed by atoms with van der Waals surface area (Å²) in [6, 6.07) is 14.4. The second-order valence-corrected chi connectivity index (χ2v) is 8.74. The Morgan fingerprint density at radius 3 is 2.69 bits per heavy atom. The van der Waals surface area contributed by atoms with Crippen molar-refractivity contribution in [1.82, 2.24) is 15.5 Å². The monoisotopic (exact) mass is 434 g/mol. The van der Waals surface area contributed by atoms with Crippen molar-refractivity contribution in [2.75, 3.05) is 0 Å². The number of carbonyl (C=O) groups is 2. The van der Waals surface area contributed by atoms with E-state index in [9.17, 15) is 14.7 Å². The van der Waals surface area contributed by atoms with E-state index in [1.54, 1.807) is 18.2 Å². The average molecular weight is 435 g/mol. The van der Waals surface area contributed by atoms with Crippen LogP contribution in [-0.4, -0.2) is 39.4 Å². The summed E-state index contributed by atoms with van der Waals surface area (Å²) >= 11 is 0. The third-order valence-corrected chi connectivity index (χ3v) is 6.82. The van der Waals surface area contributed by atoms with E-state index in [1.807, 2.05) is 44.2 Å². The van der Waals surface area contributed by atoms with Gasteiger partial charge in [0.1, 0.15) is 0 Å². The summed E-state index contributed by atoms with van der Waals surface area (Å²) in [5.41, 5.74) is 2.86. The molecule has 1 aliphatic heterocycles. The lowest BCUT2D eigenvalue weighted by Crippen LogP contribution is -2.61. The number of guanidine groups is 1. The first-order chi connectivity index (χ1) is 15.4. The molecular formula is C25H30N4O3. The van der Waals surface area contributed by atoms with E-state index in [0.29, 0.717) is 18.4 Å². The molecule has 0 bridgehead atoms. The van der Waals surface area contributed by atoms with Crippen molar-refractivity contribution in [2.45, 2.75) is 63.8 Å². The van der Waals surface area contributed by atoms with Gasteiger partial charge in [0.15, 0.2) is 5.96 Å². The van der Waals surface area contributed by atoms with Gasteiger partial charge in [0.05, 0.1) is 25.1 Å². The van der Waals surface area contributed by atoms with E-state index >= 15 is 0 Å². The Balaban J connectivity index is 1.47. The summed E-state index contributed by atoms with van der Waals surface area (Å²) in [6.07, 6.45) is 1.76. The topological polar surface area (TPSA) is 106 Å². The van der Waals surface area contributed by atoms with Crippen molar-refractivity contribution in [1.29, 1.82) is 5.41 Å². The molecular weight excluding hydrogens is 404 g/mol. The van der Waals surface area contributed by atoms with Gasteiger partial charge in [-0.3, -0.25) is 19.9 Å². The molecule has 7 heteroatoms. The van der Waals surface area contributed by atoms with Crippen LogP contribution in [0.25, 0.3) is 0 Å². The molecule has 0 aromatic heterocycles. The van der Waals surface area contributed by atoms with Crippen LogP contribution >= 0.6 is 0 Å². The van der Waals surface area contributed by atoms with Crippen LogP contribution in [0.3, 0.4) is 0 Å². The van der Waals surface area contributed by atoms with E-state index in [-0.39, 0.29) is 29.9 Å². The zero-order valence-corrected chi connectivity index (χ0v) is 18.5. The van der Waals surface area contributed by atoms with Gasteiger partial charge in [-0.25, -0.2) is 0 Å². The first kappa shape index (κ1) is 22.0. The highest BCUT2D eigenvalue weighted by atomic mass is 16.3. The molecule has 0 unspecified atom stereocenters. The predicted molar refractivity (Wildman–Crippen MR) is 122 cm³/mol. The molecule has 32 heavy (non-hydrogen) atoms. The molecule has 2 atom stereocenters. The first-order valence-electron chi connectivity index (χ1n) is 11.2. The summed E-state index contributed by atoms with van der Waals surface area (Å²) in [5.74, 6) is -0.259. The normalized spacial score (nSPS) is 21.8. The lowest BCUT2D eigenvalue weighted by Gasteiger charge is -2.42. The fourth-order valence-corrected chi connectivity index (χ4v) is 4.68. The summed E-state index contributed by atoms with van der Waals surface area (Å²) < 4.78 is 0. The van der Waals surface area contributed by atoms with Gasteiger partial charge in [0.25, 0.3) is 5.91 Å². The van der Waals surface area contributed by atoms with Crippen molar-refractivity contribution in [3.63, 3.8) is 0 Å². The van der Waals surface area contributed by atoms with Crippen LogP contribution in [0.2, 0.25) is 0 Å². The number of nitrogens with zero attached hydrogens (tertiary/aromatic N) is 1. The van der Waals surface area contributed by atoms with Crippen LogP contribution in [0, 0.1) is 5.41 Å². The summed E-state index contributed by atoms with van der Waals surface area (Å²) in [6.45, 7) is 4.27. The molecule has 168 valence electrons. The Hall–Kier alpha value is -3.19. The minimum Gasteiger partial charge on any atom is -0.390 e. The van der Waals surface area contributed by atoms with Crippen LogP contribution in [0.1, 0.15) is 66.2 Å². The van der Waals surface area contributed by atoms with E-state index in [1.165, 1.54) is 4.90 Å². The fraction of sp³-hybridized carbons (Fsp3) is 0.400.